The van der Waals surface area contributed by atoms with E-state index in [-0.39, 0.29) is 6.03 Å². The van der Waals surface area contributed by atoms with E-state index in [2.05, 4.69) is 10.6 Å². The van der Waals surface area contributed by atoms with Crippen molar-refractivity contribution >= 4 is 46.5 Å². The maximum atomic E-state index is 11.8. The molecule has 0 aliphatic carbocycles. The predicted molar refractivity (Wildman–Crippen MR) is 83.8 cm³/mol. The highest BCUT2D eigenvalue weighted by atomic mass is 35.5. The molecule has 0 saturated heterocycles. The number of benzene rings is 2. The number of anilines is 1. The van der Waals surface area contributed by atoms with E-state index < -0.39 is 0 Å². The first-order valence-electron chi connectivity index (χ1n) is 5.79. The maximum Gasteiger partial charge on any atom is 0.319 e. The van der Waals surface area contributed by atoms with Gasteiger partial charge < -0.3 is 10.6 Å². The van der Waals surface area contributed by atoms with E-state index in [1.54, 1.807) is 42.5 Å². The van der Waals surface area contributed by atoms with Crippen molar-refractivity contribution in [2.75, 3.05) is 5.32 Å². The first kappa shape index (κ1) is 15.0. The van der Waals surface area contributed by atoms with Crippen LogP contribution in [0.1, 0.15) is 5.56 Å². The summed E-state index contributed by atoms with van der Waals surface area (Å²) in [4.78, 5) is 11.8. The SMILES string of the molecule is O=C(NCc1ccc(Cl)cc1Cl)Nc1ccccc1Cl. The Balaban J connectivity index is 1.94. The Morgan fingerprint density at radius 2 is 1.75 bits per heavy atom. The molecule has 20 heavy (non-hydrogen) atoms. The van der Waals surface area contributed by atoms with Gasteiger partial charge in [0.15, 0.2) is 0 Å². The fourth-order valence-electron chi connectivity index (χ4n) is 1.57. The van der Waals surface area contributed by atoms with Crippen LogP contribution in [0.15, 0.2) is 42.5 Å². The van der Waals surface area contributed by atoms with Crippen molar-refractivity contribution in [3.05, 3.63) is 63.1 Å². The van der Waals surface area contributed by atoms with Gasteiger partial charge in [-0.25, -0.2) is 4.79 Å². The van der Waals surface area contributed by atoms with Gasteiger partial charge in [-0.2, -0.15) is 0 Å². The topological polar surface area (TPSA) is 41.1 Å². The Morgan fingerprint density at radius 1 is 1.00 bits per heavy atom. The number of halogens is 3. The quantitative estimate of drug-likeness (QED) is 0.820. The van der Waals surface area contributed by atoms with E-state index in [9.17, 15) is 4.79 Å². The number of carbonyl (C=O) groups excluding carboxylic acids is 1. The zero-order valence-electron chi connectivity index (χ0n) is 10.3. The van der Waals surface area contributed by atoms with Crippen LogP contribution in [-0.2, 0) is 6.54 Å². The van der Waals surface area contributed by atoms with E-state index >= 15 is 0 Å². The summed E-state index contributed by atoms with van der Waals surface area (Å²) in [6.07, 6.45) is 0. The molecule has 3 nitrogen and oxygen atoms in total. The second-order valence-electron chi connectivity index (χ2n) is 4.02. The second kappa shape index (κ2) is 6.84. The van der Waals surface area contributed by atoms with Crippen LogP contribution in [0.3, 0.4) is 0 Å². The van der Waals surface area contributed by atoms with Crippen molar-refractivity contribution in [2.24, 2.45) is 0 Å². The zero-order valence-corrected chi connectivity index (χ0v) is 12.6. The molecule has 0 heterocycles. The van der Waals surface area contributed by atoms with Crippen LogP contribution in [0.4, 0.5) is 10.5 Å². The highest BCUT2D eigenvalue weighted by Gasteiger charge is 2.06. The minimum Gasteiger partial charge on any atom is -0.334 e. The molecule has 0 saturated carbocycles. The molecular weight excluding hydrogens is 319 g/mol. The lowest BCUT2D eigenvalue weighted by Crippen LogP contribution is -2.28. The van der Waals surface area contributed by atoms with Gasteiger partial charge in [0.2, 0.25) is 0 Å². The third kappa shape index (κ3) is 4.04. The molecule has 0 aliphatic heterocycles. The highest BCUT2D eigenvalue weighted by molar-refractivity contribution is 6.35. The van der Waals surface area contributed by atoms with Crippen molar-refractivity contribution < 1.29 is 4.79 Å². The standard InChI is InChI=1S/C14H11Cl3N2O/c15-10-6-5-9(12(17)7-10)8-18-14(20)19-13-4-2-1-3-11(13)16/h1-7H,8H2,(H2,18,19,20). The smallest absolute Gasteiger partial charge is 0.319 e. The predicted octanol–water partition coefficient (Wildman–Crippen LogP) is 4.97. The fraction of sp³-hybridized carbons (Fsp3) is 0.0714. The van der Waals surface area contributed by atoms with Gasteiger partial charge in [0, 0.05) is 16.6 Å². The summed E-state index contributed by atoms with van der Waals surface area (Å²) in [5, 5.41) is 6.90. The lowest BCUT2D eigenvalue weighted by Gasteiger charge is -2.10. The molecule has 2 rings (SSSR count). The lowest BCUT2D eigenvalue weighted by atomic mass is 10.2. The van der Waals surface area contributed by atoms with Gasteiger partial charge in [-0.3, -0.25) is 0 Å². The van der Waals surface area contributed by atoms with Gasteiger partial charge in [0.1, 0.15) is 0 Å². The molecule has 0 aliphatic rings. The molecular formula is C14H11Cl3N2O. The van der Waals surface area contributed by atoms with E-state index in [0.717, 1.165) is 5.56 Å². The zero-order chi connectivity index (χ0) is 14.5. The van der Waals surface area contributed by atoms with Crippen LogP contribution in [0, 0.1) is 0 Å². The van der Waals surface area contributed by atoms with E-state index in [0.29, 0.717) is 27.3 Å². The van der Waals surface area contributed by atoms with Crippen molar-refractivity contribution in [1.29, 1.82) is 0 Å². The van der Waals surface area contributed by atoms with Crippen LogP contribution < -0.4 is 10.6 Å². The first-order chi connectivity index (χ1) is 9.56. The Labute approximate surface area is 131 Å². The van der Waals surface area contributed by atoms with Gasteiger partial charge in [-0.1, -0.05) is 53.0 Å². The van der Waals surface area contributed by atoms with Crippen molar-refractivity contribution in [3.8, 4) is 0 Å². The Morgan fingerprint density at radius 3 is 2.45 bits per heavy atom. The number of rotatable bonds is 3. The molecule has 2 aromatic carbocycles. The van der Waals surface area contributed by atoms with E-state index in [1.165, 1.54) is 0 Å². The molecule has 6 heteroatoms. The normalized spacial score (nSPS) is 10.2. The lowest BCUT2D eigenvalue weighted by molar-refractivity contribution is 0.252. The summed E-state index contributed by atoms with van der Waals surface area (Å²) in [5.74, 6) is 0. The Bertz CT molecular complexity index is 632. The number of para-hydroxylation sites is 1. The van der Waals surface area contributed by atoms with Gasteiger partial charge >= 0.3 is 6.03 Å². The number of nitrogens with one attached hydrogen (secondary N) is 2. The van der Waals surface area contributed by atoms with Gasteiger partial charge in [-0.15, -0.1) is 0 Å². The molecule has 2 aromatic rings. The van der Waals surface area contributed by atoms with Crippen molar-refractivity contribution in [1.82, 2.24) is 5.32 Å². The summed E-state index contributed by atoms with van der Waals surface area (Å²) >= 11 is 17.8. The molecule has 2 amide bonds. The highest BCUT2D eigenvalue weighted by Crippen LogP contribution is 2.22. The number of amides is 2. The molecule has 0 atom stereocenters. The number of urea groups is 1. The van der Waals surface area contributed by atoms with Crippen LogP contribution in [0.25, 0.3) is 0 Å². The average Bonchev–Trinajstić information content (AvgIpc) is 2.40. The second-order valence-corrected chi connectivity index (χ2v) is 5.27. The molecule has 0 fully saturated rings. The summed E-state index contributed by atoms with van der Waals surface area (Å²) in [6.45, 7) is 0.298. The third-order valence-corrected chi connectivity index (χ3v) is 3.49. The van der Waals surface area contributed by atoms with Crippen molar-refractivity contribution in [2.45, 2.75) is 6.54 Å². The third-order valence-electron chi connectivity index (χ3n) is 2.58. The minimum absolute atomic E-state index is 0.298. The van der Waals surface area contributed by atoms with Crippen LogP contribution >= 0.6 is 34.8 Å². The average molecular weight is 330 g/mol. The summed E-state index contributed by atoms with van der Waals surface area (Å²) in [6, 6.07) is 11.8. The van der Waals surface area contributed by atoms with Crippen LogP contribution in [0.2, 0.25) is 15.1 Å². The fourth-order valence-corrected chi connectivity index (χ4v) is 2.23. The van der Waals surface area contributed by atoms with Crippen LogP contribution in [0.5, 0.6) is 0 Å². The Hall–Kier alpha value is -1.42. The number of hydrogen-bond acceptors (Lipinski definition) is 1. The molecule has 0 unspecified atom stereocenters. The minimum atomic E-state index is -0.357. The molecule has 0 radical (unpaired) electrons. The molecule has 0 spiro atoms. The van der Waals surface area contributed by atoms with Crippen molar-refractivity contribution in [3.63, 3.8) is 0 Å². The molecule has 0 aromatic heterocycles. The van der Waals surface area contributed by atoms with Gasteiger partial charge in [0.25, 0.3) is 0 Å². The largest absolute Gasteiger partial charge is 0.334 e. The Kier molecular flexibility index (Phi) is 5.12. The first-order valence-corrected chi connectivity index (χ1v) is 6.93. The van der Waals surface area contributed by atoms with E-state index in [1.807, 2.05) is 0 Å². The van der Waals surface area contributed by atoms with Gasteiger partial charge in [-0.05, 0) is 29.8 Å². The van der Waals surface area contributed by atoms with Gasteiger partial charge in [0.05, 0.1) is 10.7 Å². The summed E-state index contributed by atoms with van der Waals surface area (Å²) in [5.41, 5.74) is 1.33. The number of carbonyl (C=O) groups is 1. The molecule has 104 valence electrons. The monoisotopic (exact) mass is 328 g/mol. The maximum absolute atomic E-state index is 11.8. The molecule has 2 N–H and O–H groups in total. The number of hydrogen-bond donors (Lipinski definition) is 2. The van der Waals surface area contributed by atoms with Crippen LogP contribution in [-0.4, -0.2) is 6.03 Å². The summed E-state index contributed by atoms with van der Waals surface area (Å²) in [7, 11) is 0. The summed E-state index contributed by atoms with van der Waals surface area (Å²) < 4.78 is 0. The van der Waals surface area contributed by atoms with E-state index in [4.69, 9.17) is 34.8 Å². The molecule has 0 bridgehead atoms.